The van der Waals surface area contributed by atoms with Gasteiger partial charge in [0.15, 0.2) is 0 Å². The van der Waals surface area contributed by atoms with Crippen LogP contribution in [0, 0.1) is 23.8 Å². The Bertz CT molecular complexity index is 1710. The second-order valence-electron chi connectivity index (χ2n) is 10.3. The summed E-state index contributed by atoms with van der Waals surface area (Å²) in [5, 5.41) is 13.8. The van der Waals surface area contributed by atoms with Crippen molar-refractivity contribution in [2.75, 3.05) is 4.90 Å². The maximum absolute atomic E-state index is 14.1. The highest BCUT2D eigenvalue weighted by molar-refractivity contribution is 6.02. The predicted octanol–water partition coefficient (Wildman–Crippen LogP) is 6.29. The SMILES string of the molecule is [C-]#[N+]c1ccccc1-n1c(C#N)cc2c(CN3C(=O)[C@@H](NC(=O)[C@H](C)CCC)[C@H](C)Oc4ccccc43)cccc21. The highest BCUT2D eigenvalue weighted by atomic mass is 16.5. The Balaban J connectivity index is 1.59. The van der Waals surface area contributed by atoms with Crippen molar-refractivity contribution >= 4 is 34.1 Å². The van der Waals surface area contributed by atoms with Crippen LogP contribution in [0.2, 0.25) is 0 Å². The number of ether oxygens (including phenoxy) is 1. The highest BCUT2D eigenvalue weighted by Crippen LogP contribution is 2.36. The molecule has 8 nitrogen and oxygen atoms in total. The molecule has 8 heteroatoms. The van der Waals surface area contributed by atoms with Crippen molar-refractivity contribution < 1.29 is 14.3 Å². The summed E-state index contributed by atoms with van der Waals surface area (Å²) in [6.07, 6.45) is 1.01. The quantitative estimate of drug-likeness (QED) is 0.276. The lowest BCUT2D eigenvalue weighted by atomic mass is 10.0. The summed E-state index contributed by atoms with van der Waals surface area (Å²) in [7, 11) is 0. The fourth-order valence-electron chi connectivity index (χ4n) is 5.43. The zero-order valence-electron chi connectivity index (χ0n) is 23.3. The molecule has 3 atom stereocenters. The van der Waals surface area contributed by atoms with Crippen molar-refractivity contribution in [1.82, 2.24) is 9.88 Å². The summed E-state index contributed by atoms with van der Waals surface area (Å²) in [5.74, 6) is -0.117. The number of aromatic nitrogens is 1. The Morgan fingerprint density at radius 1 is 1.12 bits per heavy atom. The first-order valence-electron chi connectivity index (χ1n) is 13.8. The first kappa shape index (κ1) is 27.5. The Kier molecular flexibility index (Phi) is 7.76. The van der Waals surface area contributed by atoms with Crippen molar-refractivity contribution in [2.45, 2.75) is 52.3 Å². The van der Waals surface area contributed by atoms with Gasteiger partial charge in [0.05, 0.1) is 30.0 Å². The average Bonchev–Trinajstić information content (AvgIpc) is 3.34. The van der Waals surface area contributed by atoms with Gasteiger partial charge >= 0.3 is 0 Å². The van der Waals surface area contributed by atoms with E-state index in [0.29, 0.717) is 28.5 Å². The van der Waals surface area contributed by atoms with Crippen LogP contribution in [0.3, 0.4) is 0 Å². The number of para-hydroxylation sites is 4. The van der Waals surface area contributed by atoms with Gasteiger partial charge in [-0.25, -0.2) is 4.85 Å². The van der Waals surface area contributed by atoms with E-state index in [1.54, 1.807) is 34.6 Å². The normalized spacial score (nSPS) is 17.1. The smallest absolute Gasteiger partial charge is 0.253 e. The number of amides is 2. The monoisotopic (exact) mass is 545 g/mol. The molecule has 1 N–H and O–H groups in total. The Morgan fingerprint density at radius 3 is 2.59 bits per heavy atom. The van der Waals surface area contributed by atoms with Gasteiger partial charge in [0.1, 0.15) is 29.7 Å². The van der Waals surface area contributed by atoms with Crippen LogP contribution in [-0.2, 0) is 16.1 Å². The molecule has 3 aromatic carbocycles. The molecular weight excluding hydrogens is 514 g/mol. The van der Waals surface area contributed by atoms with Gasteiger partial charge in [-0.05, 0) is 49.2 Å². The minimum atomic E-state index is -0.877. The summed E-state index contributed by atoms with van der Waals surface area (Å²) in [5.41, 5.74) is 3.63. The molecule has 1 aliphatic rings. The maximum Gasteiger partial charge on any atom is 0.253 e. The van der Waals surface area contributed by atoms with E-state index in [1.807, 2.05) is 68.4 Å². The molecule has 41 heavy (non-hydrogen) atoms. The lowest BCUT2D eigenvalue weighted by Gasteiger charge is -2.27. The van der Waals surface area contributed by atoms with E-state index >= 15 is 0 Å². The van der Waals surface area contributed by atoms with Gasteiger partial charge in [-0.15, -0.1) is 0 Å². The van der Waals surface area contributed by atoms with Crippen molar-refractivity contribution in [2.24, 2.45) is 5.92 Å². The fourth-order valence-corrected chi connectivity index (χ4v) is 5.43. The summed E-state index contributed by atoms with van der Waals surface area (Å²) in [6.45, 7) is 13.5. The molecule has 2 amide bonds. The Labute approximate surface area is 239 Å². The fraction of sp³-hybridized carbons (Fsp3) is 0.273. The topological polar surface area (TPSA) is 91.7 Å². The van der Waals surface area contributed by atoms with Gasteiger partial charge in [-0.3, -0.25) is 9.59 Å². The van der Waals surface area contributed by atoms with Gasteiger partial charge in [0.25, 0.3) is 5.91 Å². The third kappa shape index (κ3) is 5.13. The molecule has 0 spiro atoms. The van der Waals surface area contributed by atoms with Crippen LogP contribution in [0.1, 0.15) is 44.9 Å². The number of carbonyl (C=O) groups is 2. The van der Waals surface area contributed by atoms with Crippen LogP contribution >= 0.6 is 0 Å². The minimum absolute atomic E-state index is 0.178. The number of carbonyl (C=O) groups excluding carboxylic acids is 2. The lowest BCUT2D eigenvalue weighted by molar-refractivity contribution is -0.131. The molecule has 0 bridgehead atoms. The predicted molar refractivity (Wildman–Crippen MR) is 158 cm³/mol. The van der Waals surface area contributed by atoms with Gasteiger partial charge in [-0.2, -0.15) is 5.26 Å². The molecule has 5 rings (SSSR count). The van der Waals surface area contributed by atoms with Gasteiger partial charge in [0, 0.05) is 11.3 Å². The van der Waals surface area contributed by atoms with E-state index in [4.69, 9.17) is 11.3 Å². The molecule has 206 valence electrons. The van der Waals surface area contributed by atoms with E-state index in [-0.39, 0.29) is 24.3 Å². The maximum atomic E-state index is 14.1. The van der Waals surface area contributed by atoms with Crippen LogP contribution in [-0.4, -0.2) is 28.5 Å². The molecular formula is C33H31N5O3. The van der Waals surface area contributed by atoms with Crippen molar-refractivity contribution in [3.8, 4) is 17.5 Å². The standard InChI is InChI=1S/C33H31N5O3/c1-5-11-21(2)32(39)36-31-22(3)41-30-17-9-8-15-29(30)37(33(31)40)20-23-12-10-16-27-25(23)18-24(19-34)38(27)28-14-7-6-13-26(28)35-4/h6-10,12-18,21-22,31H,5,11,20H2,1-3H3,(H,36,39)/t21-,22+,31+/m1/s1. The van der Waals surface area contributed by atoms with Crippen molar-refractivity contribution in [3.63, 3.8) is 0 Å². The van der Waals surface area contributed by atoms with Crippen LogP contribution in [0.25, 0.3) is 21.4 Å². The van der Waals surface area contributed by atoms with E-state index in [9.17, 15) is 14.9 Å². The summed E-state index contributed by atoms with van der Waals surface area (Å²) >= 11 is 0. The first-order valence-corrected chi connectivity index (χ1v) is 13.8. The van der Waals surface area contributed by atoms with Crippen LogP contribution in [0.4, 0.5) is 11.4 Å². The zero-order valence-corrected chi connectivity index (χ0v) is 23.3. The summed E-state index contributed by atoms with van der Waals surface area (Å²) in [6, 6.07) is 23.4. The Morgan fingerprint density at radius 2 is 1.85 bits per heavy atom. The number of nitrogens with zero attached hydrogens (tertiary/aromatic N) is 4. The van der Waals surface area contributed by atoms with E-state index in [2.05, 4.69) is 16.2 Å². The molecule has 0 fully saturated rings. The number of hydrogen-bond donors (Lipinski definition) is 1. The highest BCUT2D eigenvalue weighted by Gasteiger charge is 2.38. The minimum Gasteiger partial charge on any atom is -0.486 e. The number of fused-ring (bicyclic) bond motifs is 2. The number of nitrogens with one attached hydrogen (secondary N) is 1. The lowest BCUT2D eigenvalue weighted by Crippen LogP contribution is -2.54. The third-order valence-corrected chi connectivity index (χ3v) is 7.56. The third-order valence-electron chi connectivity index (χ3n) is 7.56. The molecule has 1 aromatic heterocycles. The molecule has 0 aliphatic carbocycles. The molecule has 0 radical (unpaired) electrons. The van der Waals surface area contributed by atoms with Gasteiger partial charge in [0.2, 0.25) is 11.6 Å². The molecule has 2 heterocycles. The van der Waals surface area contributed by atoms with E-state index in [0.717, 1.165) is 29.3 Å². The number of benzene rings is 3. The first-order chi connectivity index (χ1) is 19.9. The number of nitriles is 1. The molecule has 0 saturated heterocycles. The zero-order chi connectivity index (χ0) is 29.1. The second kappa shape index (κ2) is 11.6. The largest absolute Gasteiger partial charge is 0.486 e. The second-order valence-corrected chi connectivity index (χ2v) is 10.3. The number of anilines is 1. The Hall–Kier alpha value is -5.08. The average molecular weight is 546 g/mol. The molecule has 0 unspecified atom stereocenters. The van der Waals surface area contributed by atoms with E-state index < -0.39 is 12.1 Å². The van der Waals surface area contributed by atoms with Crippen LogP contribution in [0.15, 0.2) is 72.8 Å². The summed E-state index contributed by atoms with van der Waals surface area (Å²) < 4.78 is 7.99. The summed E-state index contributed by atoms with van der Waals surface area (Å²) in [4.78, 5) is 32.4. The van der Waals surface area contributed by atoms with Crippen molar-refractivity contribution in [1.29, 1.82) is 5.26 Å². The molecule has 0 saturated carbocycles. The van der Waals surface area contributed by atoms with Gasteiger partial charge < -0.3 is 19.5 Å². The van der Waals surface area contributed by atoms with Crippen LogP contribution in [0.5, 0.6) is 5.75 Å². The van der Waals surface area contributed by atoms with Crippen molar-refractivity contribution in [3.05, 3.63) is 95.5 Å². The molecule has 1 aliphatic heterocycles. The number of hydrogen-bond acceptors (Lipinski definition) is 4. The van der Waals surface area contributed by atoms with E-state index in [1.165, 1.54) is 0 Å². The van der Waals surface area contributed by atoms with Crippen LogP contribution < -0.4 is 15.0 Å². The van der Waals surface area contributed by atoms with Gasteiger partial charge in [-0.1, -0.05) is 62.7 Å². The number of rotatable bonds is 7. The molecule has 4 aromatic rings.